The van der Waals surface area contributed by atoms with E-state index in [-0.39, 0.29) is 4.90 Å². The first-order valence-electron chi connectivity index (χ1n) is 8.33. The van der Waals surface area contributed by atoms with Crippen molar-refractivity contribution in [3.63, 3.8) is 0 Å². The van der Waals surface area contributed by atoms with Gasteiger partial charge in [0.2, 0.25) is 10.0 Å². The fourth-order valence-corrected chi connectivity index (χ4v) is 3.43. The fourth-order valence-electron chi connectivity index (χ4n) is 2.51. The Kier molecular flexibility index (Phi) is 5.67. The summed E-state index contributed by atoms with van der Waals surface area (Å²) in [6, 6.07) is 5.54. The number of benzene rings is 1. The molecule has 2 aromatic rings. The lowest BCUT2D eigenvalue weighted by Gasteiger charge is -2.17. The van der Waals surface area contributed by atoms with Crippen LogP contribution in [0.25, 0.3) is 11.0 Å². The highest BCUT2D eigenvalue weighted by Crippen LogP contribution is 2.22. The first-order valence-corrected chi connectivity index (χ1v) is 9.77. The van der Waals surface area contributed by atoms with Gasteiger partial charge in [-0.05, 0) is 38.0 Å². The van der Waals surface area contributed by atoms with Crippen LogP contribution in [0.1, 0.15) is 33.5 Å². The van der Waals surface area contributed by atoms with Gasteiger partial charge in [0.15, 0.2) is 0 Å². The number of hydrogen-bond acceptors (Lipinski definition) is 4. The molecule has 0 spiro atoms. The van der Waals surface area contributed by atoms with E-state index in [0.717, 1.165) is 17.9 Å². The van der Waals surface area contributed by atoms with Crippen LogP contribution in [0.5, 0.6) is 0 Å². The molecule has 0 aliphatic heterocycles. The number of fused-ring (bicyclic) bond motifs is 1. The summed E-state index contributed by atoms with van der Waals surface area (Å²) in [6.07, 6.45) is 0. The summed E-state index contributed by atoms with van der Waals surface area (Å²) in [5, 5.41) is 3.49. The largest absolute Gasteiger partial charge is 0.327 e. The maximum absolute atomic E-state index is 12.3. The van der Waals surface area contributed by atoms with Crippen LogP contribution in [0.3, 0.4) is 0 Å². The highest BCUT2D eigenvalue weighted by Gasteiger charge is 2.19. The van der Waals surface area contributed by atoms with E-state index in [9.17, 15) is 8.42 Å². The number of rotatable bonds is 7. The Morgan fingerprint density at radius 1 is 1.25 bits per heavy atom. The molecule has 2 rings (SSSR count). The van der Waals surface area contributed by atoms with Gasteiger partial charge < -0.3 is 9.88 Å². The second-order valence-electron chi connectivity index (χ2n) is 6.62. The lowest BCUT2D eigenvalue weighted by Crippen LogP contribution is -2.31. The van der Waals surface area contributed by atoms with E-state index >= 15 is 0 Å². The average molecular weight is 353 g/mol. The number of aryl methyl sites for hydroxylation is 1. The highest BCUT2D eigenvalue weighted by molar-refractivity contribution is 7.89. The van der Waals surface area contributed by atoms with Gasteiger partial charge in [-0.25, -0.2) is 17.7 Å². The first kappa shape index (κ1) is 18.9. The molecule has 0 bridgehead atoms. The van der Waals surface area contributed by atoms with Crippen molar-refractivity contribution >= 4 is 21.1 Å². The summed E-state index contributed by atoms with van der Waals surface area (Å²) >= 11 is 0. The zero-order valence-corrected chi connectivity index (χ0v) is 16.2. The predicted molar refractivity (Wildman–Crippen MR) is 97.4 cm³/mol. The van der Waals surface area contributed by atoms with Crippen LogP contribution in [0, 0.1) is 5.92 Å². The predicted octanol–water partition coefficient (Wildman–Crippen LogP) is 2.44. The monoisotopic (exact) mass is 352 g/mol. The third kappa shape index (κ3) is 3.63. The van der Waals surface area contributed by atoms with Crippen LogP contribution in [0.15, 0.2) is 23.1 Å². The molecule has 134 valence electrons. The summed E-state index contributed by atoms with van der Waals surface area (Å²) in [4.78, 5) is 4.94. The molecular formula is C17H28N4O2S. The van der Waals surface area contributed by atoms with Crippen molar-refractivity contribution in [2.75, 3.05) is 14.1 Å². The van der Waals surface area contributed by atoms with Crippen LogP contribution >= 0.6 is 0 Å². The summed E-state index contributed by atoms with van der Waals surface area (Å²) in [6.45, 7) is 10.0. The third-order valence-corrected chi connectivity index (χ3v) is 6.29. The highest BCUT2D eigenvalue weighted by atomic mass is 32.2. The molecule has 1 atom stereocenters. The minimum Gasteiger partial charge on any atom is -0.327 e. The standard InChI is InChI=1S/C17H28N4O2S/c1-7-21-16-9-8-14(24(22,23)20(5)6)10-15(16)19-17(21)11-18-13(4)12(2)3/h8-10,12-13,18H,7,11H2,1-6H3/t13-/m0/s1. The lowest BCUT2D eigenvalue weighted by atomic mass is 10.1. The first-order chi connectivity index (χ1) is 11.2. The Balaban J connectivity index is 2.41. The number of nitrogens with one attached hydrogen (secondary N) is 1. The molecule has 0 unspecified atom stereocenters. The second kappa shape index (κ2) is 7.21. The minimum atomic E-state index is -3.45. The van der Waals surface area contributed by atoms with Crippen molar-refractivity contribution in [1.29, 1.82) is 0 Å². The second-order valence-corrected chi connectivity index (χ2v) is 8.78. The van der Waals surface area contributed by atoms with Gasteiger partial charge in [-0.15, -0.1) is 0 Å². The van der Waals surface area contributed by atoms with Gasteiger partial charge in [0.25, 0.3) is 0 Å². The fraction of sp³-hybridized carbons (Fsp3) is 0.588. The van der Waals surface area contributed by atoms with Crippen LogP contribution in [0.2, 0.25) is 0 Å². The minimum absolute atomic E-state index is 0.274. The Labute approximate surface area is 144 Å². The quantitative estimate of drug-likeness (QED) is 0.831. The van der Waals surface area contributed by atoms with Crippen LogP contribution < -0.4 is 5.32 Å². The maximum atomic E-state index is 12.3. The number of aromatic nitrogens is 2. The average Bonchev–Trinajstić information content (AvgIpc) is 2.88. The SMILES string of the molecule is CCn1c(CN[C@@H](C)C(C)C)nc2cc(S(=O)(=O)N(C)C)ccc21. The Morgan fingerprint density at radius 3 is 2.46 bits per heavy atom. The van der Waals surface area contributed by atoms with E-state index in [0.29, 0.717) is 24.0 Å². The lowest BCUT2D eigenvalue weighted by molar-refractivity contribution is 0.417. The van der Waals surface area contributed by atoms with Gasteiger partial charge in [-0.3, -0.25) is 0 Å². The molecule has 1 aromatic carbocycles. The van der Waals surface area contributed by atoms with Crippen molar-refractivity contribution in [3.05, 3.63) is 24.0 Å². The topological polar surface area (TPSA) is 67.2 Å². The van der Waals surface area contributed by atoms with Crippen molar-refractivity contribution in [3.8, 4) is 0 Å². The molecule has 0 aliphatic rings. The molecule has 0 fully saturated rings. The van der Waals surface area contributed by atoms with Gasteiger partial charge in [0.1, 0.15) is 5.82 Å². The van der Waals surface area contributed by atoms with E-state index in [1.54, 1.807) is 12.1 Å². The van der Waals surface area contributed by atoms with Crippen LogP contribution in [0.4, 0.5) is 0 Å². The van der Waals surface area contributed by atoms with Crippen molar-refractivity contribution < 1.29 is 8.42 Å². The van der Waals surface area contributed by atoms with Crippen molar-refractivity contribution in [2.24, 2.45) is 5.92 Å². The van der Waals surface area contributed by atoms with Gasteiger partial charge in [0, 0.05) is 26.7 Å². The molecule has 1 heterocycles. The van der Waals surface area contributed by atoms with Crippen molar-refractivity contribution in [1.82, 2.24) is 19.2 Å². The molecule has 0 saturated carbocycles. The third-order valence-electron chi connectivity index (χ3n) is 4.48. The smallest absolute Gasteiger partial charge is 0.242 e. The summed E-state index contributed by atoms with van der Waals surface area (Å²) in [5.74, 6) is 1.47. The van der Waals surface area contributed by atoms with E-state index in [1.165, 1.54) is 18.4 Å². The molecular weight excluding hydrogens is 324 g/mol. The van der Waals surface area contributed by atoms with E-state index in [4.69, 9.17) is 0 Å². The number of sulfonamides is 1. The molecule has 7 heteroatoms. The Morgan fingerprint density at radius 2 is 1.92 bits per heavy atom. The van der Waals surface area contributed by atoms with Gasteiger partial charge in [0.05, 0.1) is 22.5 Å². The van der Waals surface area contributed by atoms with Gasteiger partial charge in [-0.1, -0.05) is 13.8 Å². The maximum Gasteiger partial charge on any atom is 0.242 e. The molecule has 1 aromatic heterocycles. The normalized spacial score (nSPS) is 14.0. The summed E-state index contributed by atoms with van der Waals surface area (Å²) in [7, 11) is -0.378. The zero-order chi connectivity index (χ0) is 18.1. The number of hydrogen-bond donors (Lipinski definition) is 1. The van der Waals surface area contributed by atoms with Gasteiger partial charge in [-0.2, -0.15) is 0 Å². The molecule has 0 radical (unpaired) electrons. The van der Waals surface area contributed by atoms with E-state index in [1.807, 2.05) is 6.07 Å². The molecule has 0 saturated heterocycles. The summed E-state index contributed by atoms with van der Waals surface area (Å²) < 4.78 is 28.0. The zero-order valence-electron chi connectivity index (χ0n) is 15.4. The molecule has 1 N–H and O–H groups in total. The summed E-state index contributed by atoms with van der Waals surface area (Å²) in [5.41, 5.74) is 1.68. The molecule has 0 aliphatic carbocycles. The number of imidazole rings is 1. The number of nitrogens with zero attached hydrogens (tertiary/aromatic N) is 3. The Hall–Kier alpha value is -1.44. The molecule has 6 nitrogen and oxygen atoms in total. The Bertz CT molecular complexity index is 809. The molecule has 0 amide bonds. The van der Waals surface area contributed by atoms with E-state index < -0.39 is 10.0 Å². The molecule has 24 heavy (non-hydrogen) atoms. The van der Waals surface area contributed by atoms with Crippen LogP contribution in [-0.2, 0) is 23.1 Å². The van der Waals surface area contributed by atoms with Gasteiger partial charge >= 0.3 is 0 Å². The van der Waals surface area contributed by atoms with E-state index in [2.05, 4.69) is 42.6 Å². The van der Waals surface area contributed by atoms with Crippen molar-refractivity contribution in [2.45, 2.75) is 51.7 Å². The van der Waals surface area contributed by atoms with Crippen LogP contribution in [-0.4, -0.2) is 42.4 Å².